The Labute approximate surface area is 103 Å². The summed E-state index contributed by atoms with van der Waals surface area (Å²) in [5.41, 5.74) is 2.12. The monoisotopic (exact) mass is 232 g/mol. The summed E-state index contributed by atoms with van der Waals surface area (Å²) in [4.78, 5) is 14.1. The number of piperazine rings is 1. The van der Waals surface area contributed by atoms with Crippen LogP contribution < -0.4 is 5.32 Å². The summed E-state index contributed by atoms with van der Waals surface area (Å²) >= 11 is 0. The van der Waals surface area contributed by atoms with E-state index in [-0.39, 0.29) is 5.91 Å². The van der Waals surface area contributed by atoms with Gasteiger partial charge in [0.05, 0.1) is 5.54 Å². The summed E-state index contributed by atoms with van der Waals surface area (Å²) in [5, 5.41) is 2.92. The van der Waals surface area contributed by atoms with Crippen LogP contribution in [0.3, 0.4) is 0 Å². The molecule has 1 heterocycles. The molecule has 1 aromatic carbocycles. The molecule has 17 heavy (non-hydrogen) atoms. The molecule has 3 nitrogen and oxygen atoms in total. The van der Waals surface area contributed by atoms with Crippen molar-refractivity contribution in [2.75, 3.05) is 13.1 Å². The highest BCUT2D eigenvalue weighted by molar-refractivity contribution is 5.86. The third-order valence-corrected chi connectivity index (χ3v) is 3.51. The maximum Gasteiger partial charge on any atom is 0.240 e. The third-order valence-electron chi connectivity index (χ3n) is 3.51. The smallest absolute Gasteiger partial charge is 0.240 e. The van der Waals surface area contributed by atoms with Crippen molar-refractivity contribution in [3.63, 3.8) is 0 Å². The van der Waals surface area contributed by atoms with Crippen molar-refractivity contribution in [3.8, 4) is 0 Å². The fraction of sp³-hybridized carbons (Fsp3) is 0.500. The van der Waals surface area contributed by atoms with Crippen molar-refractivity contribution in [2.24, 2.45) is 0 Å². The highest BCUT2D eigenvalue weighted by Crippen LogP contribution is 2.20. The first kappa shape index (κ1) is 12.1. The molecule has 0 aromatic heterocycles. The number of carbonyl (C=O) groups excluding carboxylic acids is 1. The Kier molecular flexibility index (Phi) is 3.20. The predicted molar refractivity (Wildman–Crippen MR) is 68.7 cm³/mol. The first-order valence-electron chi connectivity index (χ1n) is 6.09. The van der Waals surface area contributed by atoms with E-state index in [4.69, 9.17) is 0 Å². The zero-order valence-corrected chi connectivity index (χ0v) is 10.8. The van der Waals surface area contributed by atoms with Gasteiger partial charge in [0.2, 0.25) is 5.91 Å². The largest absolute Gasteiger partial charge is 0.353 e. The lowest BCUT2D eigenvalue weighted by molar-refractivity contribution is -0.135. The van der Waals surface area contributed by atoms with Crippen LogP contribution in [0.5, 0.6) is 0 Å². The molecule has 0 atom stereocenters. The Morgan fingerprint density at radius 3 is 2.59 bits per heavy atom. The number of nitrogens with zero attached hydrogens (tertiary/aromatic N) is 1. The Morgan fingerprint density at radius 1 is 1.29 bits per heavy atom. The summed E-state index contributed by atoms with van der Waals surface area (Å²) in [6, 6.07) is 8.51. The predicted octanol–water partition coefficient (Wildman–Crippen LogP) is 1.71. The van der Waals surface area contributed by atoms with Crippen molar-refractivity contribution in [1.29, 1.82) is 0 Å². The molecule has 1 fully saturated rings. The molecule has 0 saturated carbocycles. The molecule has 0 unspecified atom stereocenters. The maximum absolute atomic E-state index is 11.8. The van der Waals surface area contributed by atoms with Gasteiger partial charge in [0.1, 0.15) is 0 Å². The van der Waals surface area contributed by atoms with E-state index in [1.54, 1.807) is 0 Å². The highest BCUT2D eigenvalue weighted by atomic mass is 16.2. The van der Waals surface area contributed by atoms with Crippen LogP contribution in [0.25, 0.3) is 0 Å². The molecule has 92 valence electrons. The normalized spacial score (nSPS) is 20.1. The van der Waals surface area contributed by atoms with Crippen molar-refractivity contribution in [3.05, 3.63) is 35.4 Å². The average Bonchev–Trinajstić information content (AvgIpc) is 2.28. The number of benzene rings is 1. The lowest BCUT2D eigenvalue weighted by Crippen LogP contribution is -2.61. The number of rotatable bonds is 2. The fourth-order valence-corrected chi connectivity index (χ4v) is 2.13. The van der Waals surface area contributed by atoms with E-state index in [0.29, 0.717) is 0 Å². The Hall–Kier alpha value is -1.35. The fourth-order valence-electron chi connectivity index (χ4n) is 2.13. The molecule has 1 N–H and O–H groups in total. The molecule has 0 aliphatic carbocycles. The van der Waals surface area contributed by atoms with E-state index in [0.717, 1.165) is 19.6 Å². The SMILES string of the molecule is Cc1ccc(CN2CCNC(=O)C2(C)C)cc1. The molecule has 1 aliphatic heterocycles. The van der Waals surface area contributed by atoms with Gasteiger partial charge in [-0.2, -0.15) is 0 Å². The molecular weight excluding hydrogens is 212 g/mol. The van der Waals surface area contributed by atoms with Crippen molar-refractivity contribution < 1.29 is 4.79 Å². The number of nitrogens with one attached hydrogen (secondary N) is 1. The molecule has 0 radical (unpaired) electrons. The van der Waals surface area contributed by atoms with E-state index < -0.39 is 5.54 Å². The van der Waals surface area contributed by atoms with Crippen LogP contribution in [-0.2, 0) is 11.3 Å². The van der Waals surface area contributed by atoms with Gasteiger partial charge in [-0.3, -0.25) is 9.69 Å². The van der Waals surface area contributed by atoms with Crippen LogP contribution in [0, 0.1) is 6.92 Å². The summed E-state index contributed by atoms with van der Waals surface area (Å²) in [5.74, 6) is 0.121. The lowest BCUT2D eigenvalue weighted by Gasteiger charge is -2.41. The van der Waals surface area contributed by atoms with Crippen LogP contribution in [0.2, 0.25) is 0 Å². The molecular formula is C14H20N2O. The van der Waals surface area contributed by atoms with Crippen LogP contribution in [-0.4, -0.2) is 29.4 Å². The van der Waals surface area contributed by atoms with Gasteiger partial charge in [-0.1, -0.05) is 29.8 Å². The van der Waals surface area contributed by atoms with E-state index in [1.165, 1.54) is 11.1 Å². The topological polar surface area (TPSA) is 32.3 Å². The summed E-state index contributed by atoms with van der Waals surface area (Å²) in [7, 11) is 0. The van der Waals surface area contributed by atoms with Crippen molar-refractivity contribution >= 4 is 5.91 Å². The molecule has 2 rings (SSSR count). The second-order valence-electron chi connectivity index (χ2n) is 5.22. The van der Waals surface area contributed by atoms with Crippen LogP contribution in [0.4, 0.5) is 0 Å². The van der Waals surface area contributed by atoms with Gasteiger partial charge in [-0.05, 0) is 26.3 Å². The summed E-state index contributed by atoms with van der Waals surface area (Å²) < 4.78 is 0. The second kappa shape index (κ2) is 4.49. The Morgan fingerprint density at radius 2 is 1.94 bits per heavy atom. The van der Waals surface area contributed by atoms with Crippen molar-refractivity contribution in [1.82, 2.24) is 10.2 Å². The minimum atomic E-state index is -0.414. The number of aryl methyl sites for hydroxylation is 1. The van der Waals surface area contributed by atoms with E-state index in [2.05, 4.69) is 41.4 Å². The molecule has 1 aromatic rings. The van der Waals surface area contributed by atoms with Gasteiger partial charge in [0.15, 0.2) is 0 Å². The van der Waals surface area contributed by atoms with Crippen LogP contribution in [0.1, 0.15) is 25.0 Å². The van der Waals surface area contributed by atoms with Gasteiger partial charge < -0.3 is 5.32 Å². The average molecular weight is 232 g/mol. The Balaban J connectivity index is 2.12. The zero-order chi connectivity index (χ0) is 12.5. The van der Waals surface area contributed by atoms with Gasteiger partial charge in [0, 0.05) is 19.6 Å². The van der Waals surface area contributed by atoms with Crippen LogP contribution in [0.15, 0.2) is 24.3 Å². The standard InChI is InChI=1S/C14H20N2O/c1-11-4-6-12(7-5-11)10-16-9-8-15-13(17)14(16,2)3/h4-7H,8-10H2,1-3H3,(H,15,17). The van der Waals surface area contributed by atoms with E-state index in [9.17, 15) is 4.79 Å². The van der Waals surface area contributed by atoms with E-state index >= 15 is 0 Å². The number of hydrogen-bond donors (Lipinski definition) is 1. The van der Waals surface area contributed by atoms with Gasteiger partial charge in [-0.15, -0.1) is 0 Å². The summed E-state index contributed by atoms with van der Waals surface area (Å²) in [6.07, 6.45) is 0. The van der Waals surface area contributed by atoms with Crippen LogP contribution >= 0.6 is 0 Å². The van der Waals surface area contributed by atoms with Gasteiger partial charge in [0.25, 0.3) is 0 Å². The third kappa shape index (κ3) is 2.50. The number of carbonyl (C=O) groups is 1. The summed E-state index contributed by atoms with van der Waals surface area (Å²) in [6.45, 7) is 8.54. The molecule has 1 aliphatic rings. The quantitative estimate of drug-likeness (QED) is 0.842. The number of amides is 1. The van der Waals surface area contributed by atoms with E-state index in [1.807, 2.05) is 13.8 Å². The van der Waals surface area contributed by atoms with Gasteiger partial charge in [-0.25, -0.2) is 0 Å². The minimum Gasteiger partial charge on any atom is -0.353 e. The highest BCUT2D eigenvalue weighted by Gasteiger charge is 2.37. The molecule has 0 spiro atoms. The Bertz CT molecular complexity index is 409. The molecule has 1 amide bonds. The lowest BCUT2D eigenvalue weighted by atomic mass is 9.98. The van der Waals surface area contributed by atoms with Gasteiger partial charge >= 0.3 is 0 Å². The maximum atomic E-state index is 11.8. The molecule has 3 heteroatoms. The van der Waals surface area contributed by atoms with Crippen molar-refractivity contribution in [2.45, 2.75) is 32.9 Å². The second-order valence-corrected chi connectivity index (χ2v) is 5.22. The first-order valence-corrected chi connectivity index (χ1v) is 6.09. The number of hydrogen-bond acceptors (Lipinski definition) is 2. The molecule has 0 bridgehead atoms. The first-order chi connectivity index (χ1) is 8.00. The molecule has 1 saturated heterocycles. The zero-order valence-electron chi connectivity index (χ0n) is 10.8. The minimum absolute atomic E-state index is 0.121.